The van der Waals surface area contributed by atoms with Gasteiger partial charge in [0, 0.05) is 13.2 Å². The second-order valence-electron chi connectivity index (χ2n) is 8.07. The Kier molecular flexibility index (Phi) is 15.6. The Morgan fingerprint density at radius 2 is 1.19 bits per heavy atom. The predicted molar refractivity (Wildman–Crippen MR) is 108 cm³/mol. The van der Waals surface area contributed by atoms with Crippen LogP contribution in [-0.2, 0) is 18.9 Å². The van der Waals surface area contributed by atoms with Crippen LogP contribution >= 0.6 is 0 Å². The molecule has 0 amide bonds. The van der Waals surface area contributed by atoms with Gasteiger partial charge >= 0.3 is 0 Å². The van der Waals surface area contributed by atoms with E-state index in [1.807, 2.05) is 0 Å². The van der Waals surface area contributed by atoms with E-state index >= 15 is 0 Å². The summed E-state index contributed by atoms with van der Waals surface area (Å²) in [6, 6.07) is 0. The maximum atomic E-state index is 5.44. The average Bonchev–Trinajstić information content (AvgIpc) is 3.52. The molecule has 0 bridgehead atoms. The summed E-state index contributed by atoms with van der Waals surface area (Å²) in [6.07, 6.45) is 14.1. The Labute approximate surface area is 162 Å². The highest BCUT2D eigenvalue weighted by Crippen LogP contribution is 2.11. The van der Waals surface area contributed by atoms with Crippen LogP contribution in [0.5, 0.6) is 0 Å². The molecule has 2 atom stereocenters. The molecule has 0 aromatic rings. The Bertz CT molecular complexity index is 282. The topological polar surface area (TPSA) is 43.5 Å². The van der Waals surface area contributed by atoms with Gasteiger partial charge in [-0.05, 0) is 18.8 Å². The first-order valence-electron chi connectivity index (χ1n) is 11.1. The number of ether oxygens (including phenoxy) is 4. The Morgan fingerprint density at radius 1 is 0.731 bits per heavy atom. The molecule has 0 aromatic heterocycles. The zero-order chi connectivity index (χ0) is 18.9. The van der Waals surface area contributed by atoms with E-state index in [9.17, 15) is 0 Å². The van der Waals surface area contributed by atoms with Gasteiger partial charge in [-0.1, -0.05) is 72.1 Å². The summed E-state index contributed by atoms with van der Waals surface area (Å²) in [4.78, 5) is 0. The summed E-state index contributed by atoms with van der Waals surface area (Å²) in [5.41, 5.74) is 0. The molecule has 2 aliphatic rings. The second kappa shape index (κ2) is 17.0. The first-order valence-corrected chi connectivity index (χ1v) is 11.1. The standard InChI is InChI=1S/2C11H22O2/c1-10(2)6-4-3-5-7-12-8-11-9-13-11;1-2-3-4-5-6-7-8-12-9-11-10-13-11/h10-11H,3-9H2,1-2H3;11H,2-10H2,1H3. The maximum absolute atomic E-state index is 5.44. The molecule has 0 aromatic carbocycles. The van der Waals surface area contributed by atoms with Crippen molar-refractivity contribution < 1.29 is 18.9 Å². The lowest BCUT2D eigenvalue weighted by Gasteiger charge is -2.04. The molecule has 2 unspecified atom stereocenters. The lowest BCUT2D eigenvalue weighted by atomic mass is 10.1. The number of hydrogen-bond donors (Lipinski definition) is 0. The van der Waals surface area contributed by atoms with Gasteiger partial charge in [0.05, 0.1) is 26.4 Å². The van der Waals surface area contributed by atoms with E-state index in [2.05, 4.69) is 20.8 Å². The van der Waals surface area contributed by atoms with Gasteiger partial charge < -0.3 is 18.9 Å². The van der Waals surface area contributed by atoms with E-state index in [0.29, 0.717) is 12.2 Å². The minimum absolute atomic E-state index is 0.427. The van der Waals surface area contributed by atoms with E-state index in [1.54, 1.807) is 0 Å². The zero-order valence-corrected chi connectivity index (χ0v) is 17.7. The first kappa shape index (κ1) is 23.9. The van der Waals surface area contributed by atoms with Gasteiger partial charge in [0.1, 0.15) is 12.2 Å². The molecule has 2 fully saturated rings. The van der Waals surface area contributed by atoms with Crippen molar-refractivity contribution in [1.29, 1.82) is 0 Å². The monoisotopic (exact) mass is 372 g/mol. The minimum atomic E-state index is 0.427. The highest BCUT2D eigenvalue weighted by atomic mass is 16.6. The van der Waals surface area contributed by atoms with Crippen LogP contribution in [0.4, 0.5) is 0 Å². The molecule has 26 heavy (non-hydrogen) atoms. The van der Waals surface area contributed by atoms with Gasteiger partial charge in [0.2, 0.25) is 0 Å². The van der Waals surface area contributed by atoms with E-state index in [4.69, 9.17) is 18.9 Å². The van der Waals surface area contributed by atoms with Crippen LogP contribution in [0.2, 0.25) is 0 Å². The quantitative estimate of drug-likeness (QED) is 0.254. The highest BCUT2D eigenvalue weighted by molar-refractivity contribution is 4.67. The molecular formula is C22H44O4. The van der Waals surface area contributed by atoms with Crippen LogP contribution in [0, 0.1) is 5.92 Å². The summed E-state index contributed by atoms with van der Waals surface area (Å²) in [5, 5.41) is 0. The normalized spacial score (nSPS) is 20.8. The molecule has 2 saturated heterocycles. The van der Waals surface area contributed by atoms with Crippen molar-refractivity contribution in [1.82, 2.24) is 0 Å². The highest BCUT2D eigenvalue weighted by Gasteiger charge is 2.22. The molecule has 2 heterocycles. The van der Waals surface area contributed by atoms with E-state index in [-0.39, 0.29) is 0 Å². The SMILES string of the molecule is CC(C)CCCCCOCC1CO1.CCCCCCCCOCC1CO1. The Morgan fingerprint density at radius 3 is 1.65 bits per heavy atom. The van der Waals surface area contributed by atoms with Gasteiger partial charge in [-0.15, -0.1) is 0 Å². The van der Waals surface area contributed by atoms with Crippen LogP contribution < -0.4 is 0 Å². The largest absolute Gasteiger partial charge is 0.379 e. The van der Waals surface area contributed by atoms with Crippen molar-refractivity contribution >= 4 is 0 Å². The number of rotatable bonds is 17. The summed E-state index contributed by atoms with van der Waals surface area (Å²) in [6.45, 7) is 12.1. The number of unbranched alkanes of at least 4 members (excludes halogenated alkanes) is 7. The molecule has 2 rings (SSSR count). The fraction of sp³-hybridized carbons (Fsp3) is 1.00. The molecule has 4 heteroatoms. The Balaban J connectivity index is 0.000000260. The van der Waals surface area contributed by atoms with Gasteiger partial charge in [0.15, 0.2) is 0 Å². The lowest BCUT2D eigenvalue weighted by molar-refractivity contribution is 0.112. The van der Waals surface area contributed by atoms with Crippen LogP contribution in [-0.4, -0.2) is 51.8 Å². The lowest BCUT2D eigenvalue weighted by Crippen LogP contribution is -2.02. The van der Waals surface area contributed by atoms with E-state index in [1.165, 1.54) is 64.2 Å². The van der Waals surface area contributed by atoms with Crippen molar-refractivity contribution in [2.45, 2.75) is 97.2 Å². The summed E-state index contributed by atoms with van der Waals surface area (Å²) < 4.78 is 21.0. The molecule has 0 aliphatic carbocycles. The minimum Gasteiger partial charge on any atom is -0.379 e. The zero-order valence-electron chi connectivity index (χ0n) is 17.7. The third-order valence-corrected chi connectivity index (χ3v) is 4.62. The third-order valence-electron chi connectivity index (χ3n) is 4.62. The number of hydrogen-bond acceptors (Lipinski definition) is 4. The molecule has 0 radical (unpaired) electrons. The third kappa shape index (κ3) is 18.6. The van der Waals surface area contributed by atoms with Crippen molar-refractivity contribution in [3.8, 4) is 0 Å². The Hall–Kier alpha value is -0.160. The summed E-state index contributed by atoms with van der Waals surface area (Å²) >= 11 is 0. The van der Waals surface area contributed by atoms with Crippen LogP contribution in [0.25, 0.3) is 0 Å². The van der Waals surface area contributed by atoms with Gasteiger partial charge in [-0.3, -0.25) is 0 Å². The molecule has 0 N–H and O–H groups in total. The molecule has 2 aliphatic heterocycles. The smallest absolute Gasteiger partial charge is 0.104 e. The van der Waals surface area contributed by atoms with E-state index in [0.717, 1.165) is 45.6 Å². The number of epoxide rings is 2. The van der Waals surface area contributed by atoms with Gasteiger partial charge in [0.25, 0.3) is 0 Å². The molecule has 4 nitrogen and oxygen atoms in total. The second-order valence-corrected chi connectivity index (χ2v) is 8.07. The van der Waals surface area contributed by atoms with Crippen molar-refractivity contribution in [2.75, 3.05) is 39.6 Å². The first-order chi connectivity index (χ1) is 12.7. The maximum Gasteiger partial charge on any atom is 0.104 e. The van der Waals surface area contributed by atoms with Gasteiger partial charge in [-0.25, -0.2) is 0 Å². The predicted octanol–water partition coefficient (Wildman–Crippen LogP) is 5.38. The molecule has 156 valence electrons. The van der Waals surface area contributed by atoms with E-state index < -0.39 is 0 Å². The van der Waals surface area contributed by atoms with Crippen LogP contribution in [0.15, 0.2) is 0 Å². The van der Waals surface area contributed by atoms with Crippen molar-refractivity contribution in [2.24, 2.45) is 5.92 Å². The fourth-order valence-electron chi connectivity index (χ4n) is 2.68. The summed E-state index contributed by atoms with van der Waals surface area (Å²) in [7, 11) is 0. The van der Waals surface area contributed by atoms with Gasteiger partial charge in [-0.2, -0.15) is 0 Å². The van der Waals surface area contributed by atoms with Crippen molar-refractivity contribution in [3.05, 3.63) is 0 Å². The summed E-state index contributed by atoms with van der Waals surface area (Å²) in [5.74, 6) is 0.848. The fourth-order valence-corrected chi connectivity index (χ4v) is 2.68. The molecule has 0 saturated carbocycles. The average molecular weight is 373 g/mol. The van der Waals surface area contributed by atoms with Crippen LogP contribution in [0.1, 0.15) is 85.0 Å². The van der Waals surface area contributed by atoms with Crippen molar-refractivity contribution in [3.63, 3.8) is 0 Å². The van der Waals surface area contributed by atoms with Crippen LogP contribution in [0.3, 0.4) is 0 Å². The molecular weight excluding hydrogens is 328 g/mol. The molecule has 0 spiro atoms.